The van der Waals surface area contributed by atoms with Crippen molar-refractivity contribution in [3.05, 3.63) is 0 Å². The minimum atomic E-state index is -0.605. The number of nitrogens with zero attached hydrogens (tertiary/aromatic N) is 1. The standard InChI is InChI=1S/C18H33N3OS.2ClH/c19-18(9-5-2-6-10-18)16(22)20-15-17(7-3-1-4-8-17)21-11-13-23-14-12-21;;/h1-15,19H2,(H,20,22);2*1H. The highest BCUT2D eigenvalue weighted by molar-refractivity contribution is 7.99. The van der Waals surface area contributed by atoms with Crippen LogP contribution in [0.1, 0.15) is 64.2 Å². The van der Waals surface area contributed by atoms with E-state index < -0.39 is 5.54 Å². The average Bonchev–Trinajstić information content (AvgIpc) is 2.62. The highest BCUT2D eigenvalue weighted by atomic mass is 35.5. The first-order chi connectivity index (χ1) is 11.1. The minimum absolute atomic E-state index is 0. The van der Waals surface area contributed by atoms with E-state index >= 15 is 0 Å². The minimum Gasteiger partial charge on any atom is -0.353 e. The smallest absolute Gasteiger partial charge is 0.240 e. The maximum atomic E-state index is 12.7. The van der Waals surface area contributed by atoms with Gasteiger partial charge in [-0.05, 0) is 25.7 Å². The topological polar surface area (TPSA) is 58.4 Å². The molecular weight excluding hydrogens is 377 g/mol. The molecule has 4 nitrogen and oxygen atoms in total. The summed E-state index contributed by atoms with van der Waals surface area (Å²) < 4.78 is 0. The molecule has 1 amide bonds. The fraction of sp³-hybridized carbons (Fsp3) is 0.944. The van der Waals surface area contributed by atoms with E-state index in [1.54, 1.807) is 0 Å². The van der Waals surface area contributed by atoms with Crippen molar-refractivity contribution in [1.29, 1.82) is 0 Å². The summed E-state index contributed by atoms with van der Waals surface area (Å²) in [6.45, 7) is 3.15. The van der Waals surface area contributed by atoms with E-state index in [0.717, 1.165) is 32.2 Å². The van der Waals surface area contributed by atoms with Gasteiger partial charge >= 0.3 is 0 Å². The van der Waals surface area contributed by atoms with Crippen LogP contribution in [0.3, 0.4) is 0 Å². The lowest BCUT2D eigenvalue weighted by Gasteiger charge is -2.48. The van der Waals surface area contributed by atoms with Gasteiger partial charge in [-0.3, -0.25) is 9.69 Å². The van der Waals surface area contributed by atoms with E-state index in [-0.39, 0.29) is 36.3 Å². The second-order valence-electron chi connectivity index (χ2n) is 7.78. The predicted molar refractivity (Wildman–Crippen MR) is 112 cm³/mol. The van der Waals surface area contributed by atoms with Crippen LogP contribution < -0.4 is 11.1 Å². The molecule has 2 saturated carbocycles. The summed E-state index contributed by atoms with van der Waals surface area (Å²) in [6.07, 6.45) is 11.5. The third-order valence-corrected chi connectivity index (χ3v) is 7.18. The van der Waals surface area contributed by atoms with Crippen molar-refractivity contribution in [2.75, 3.05) is 31.1 Å². The van der Waals surface area contributed by atoms with Crippen LogP contribution in [0.2, 0.25) is 0 Å². The molecule has 0 spiro atoms. The van der Waals surface area contributed by atoms with Crippen LogP contribution in [0.4, 0.5) is 0 Å². The average molecular weight is 412 g/mol. The van der Waals surface area contributed by atoms with Crippen molar-refractivity contribution in [3.8, 4) is 0 Å². The Kier molecular flexibility index (Phi) is 9.91. The van der Waals surface area contributed by atoms with Crippen molar-refractivity contribution < 1.29 is 4.79 Å². The molecule has 1 aliphatic heterocycles. The molecule has 3 aliphatic rings. The fourth-order valence-electron chi connectivity index (χ4n) is 4.68. The van der Waals surface area contributed by atoms with E-state index in [1.807, 2.05) is 0 Å². The number of nitrogens with one attached hydrogen (secondary N) is 1. The molecule has 0 aromatic rings. The van der Waals surface area contributed by atoms with Crippen LogP contribution in [0.25, 0.3) is 0 Å². The molecule has 0 unspecified atom stereocenters. The van der Waals surface area contributed by atoms with Gasteiger partial charge in [0.25, 0.3) is 0 Å². The largest absolute Gasteiger partial charge is 0.353 e. The monoisotopic (exact) mass is 411 g/mol. The molecule has 3 N–H and O–H groups in total. The van der Waals surface area contributed by atoms with Gasteiger partial charge < -0.3 is 11.1 Å². The van der Waals surface area contributed by atoms with Crippen molar-refractivity contribution in [1.82, 2.24) is 10.2 Å². The van der Waals surface area contributed by atoms with Gasteiger partial charge in [-0.1, -0.05) is 38.5 Å². The fourth-order valence-corrected chi connectivity index (χ4v) is 5.59. The van der Waals surface area contributed by atoms with Crippen molar-refractivity contribution >= 4 is 42.5 Å². The number of halogens is 2. The predicted octanol–water partition coefficient (Wildman–Crippen LogP) is 3.36. The van der Waals surface area contributed by atoms with E-state index in [2.05, 4.69) is 22.0 Å². The van der Waals surface area contributed by atoms with Gasteiger partial charge in [0, 0.05) is 36.7 Å². The highest BCUT2D eigenvalue weighted by Crippen LogP contribution is 2.35. The Labute approximate surface area is 169 Å². The third-order valence-electron chi connectivity index (χ3n) is 6.24. The Balaban J connectivity index is 0.00000156. The number of hydrogen-bond donors (Lipinski definition) is 2. The Hall–Kier alpha value is 0.320. The van der Waals surface area contributed by atoms with Crippen LogP contribution in [-0.4, -0.2) is 53.0 Å². The number of carbonyl (C=O) groups is 1. The zero-order chi connectivity index (χ0) is 16.2. The van der Waals surface area contributed by atoms with Crippen LogP contribution in [-0.2, 0) is 4.79 Å². The van der Waals surface area contributed by atoms with E-state index in [9.17, 15) is 4.79 Å². The number of amides is 1. The Morgan fingerprint density at radius 3 is 2.00 bits per heavy atom. The van der Waals surface area contributed by atoms with Gasteiger partial charge in [-0.25, -0.2) is 0 Å². The van der Waals surface area contributed by atoms with Crippen molar-refractivity contribution in [2.24, 2.45) is 5.73 Å². The number of rotatable bonds is 4. The summed E-state index contributed by atoms with van der Waals surface area (Å²) in [5.74, 6) is 2.57. The van der Waals surface area contributed by atoms with Crippen LogP contribution in [0, 0.1) is 0 Å². The van der Waals surface area contributed by atoms with Crippen LogP contribution in [0.15, 0.2) is 0 Å². The molecule has 0 bridgehead atoms. The lowest BCUT2D eigenvalue weighted by molar-refractivity contribution is -0.128. The van der Waals surface area contributed by atoms with Crippen molar-refractivity contribution in [2.45, 2.75) is 75.3 Å². The maximum Gasteiger partial charge on any atom is 0.240 e. The van der Waals surface area contributed by atoms with Crippen LogP contribution >= 0.6 is 36.6 Å². The molecule has 7 heteroatoms. The zero-order valence-electron chi connectivity index (χ0n) is 15.3. The molecule has 3 rings (SSSR count). The Morgan fingerprint density at radius 1 is 0.920 bits per heavy atom. The summed E-state index contributed by atoms with van der Waals surface area (Å²) in [4.78, 5) is 15.4. The molecule has 0 radical (unpaired) electrons. The van der Waals surface area contributed by atoms with Gasteiger partial charge in [-0.15, -0.1) is 24.8 Å². The van der Waals surface area contributed by atoms with Gasteiger partial charge in [-0.2, -0.15) is 11.8 Å². The molecule has 25 heavy (non-hydrogen) atoms. The molecule has 2 aliphatic carbocycles. The molecule has 1 saturated heterocycles. The highest BCUT2D eigenvalue weighted by Gasteiger charge is 2.41. The first-order valence-corrected chi connectivity index (χ1v) is 10.7. The number of carbonyl (C=O) groups excluding carboxylic acids is 1. The van der Waals surface area contributed by atoms with Crippen LogP contribution in [0.5, 0.6) is 0 Å². The number of thioether (sulfide) groups is 1. The van der Waals surface area contributed by atoms with Crippen molar-refractivity contribution in [3.63, 3.8) is 0 Å². The molecule has 0 atom stereocenters. The third kappa shape index (κ3) is 5.65. The molecule has 1 heterocycles. The van der Waals surface area contributed by atoms with Gasteiger partial charge in [0.15, 0.2) is 0 Å². The lowest BCUT2D eigenvalue weighted by Crippen LogP contribution is -2.62. The second-order valence-corrected chi connectivity index (χ2v) is 9.01. The Morgan fingerprint density at radius 2 is 1.44 bits per heavy atom. The molecule has 0 aromatic carbocycles. The summed E-state index contributed by atoms with van der Waals surface area (Å²) in [7, 11) is 0. The van der Waals surface area contributed by atoms with Gasteiger partial charge in [0.05, 0.1) is 5.54 Å². The normalized spacial score (nSPS) is 26.0. The molecule has 0 aromatic heterocycles. The van der Waals surface area contributed by atoms with Gasteiger partial charge in [0.2, 0.25) is 5.91 Å². The van der Waals surface area contributed by atoms with Gasteiger partial charge in [0.1, 0.15) is 0 Å². The second kappa shape index (κ2) is 10.6. The lowest BCUT2D eigenvalue weighted by atomic mass is 9.78. The van der Waals surface area contributed by atoms with E-state index in [4.69, 9.17) is 5.73 Å². The van der Waals surface area contributed by atoms with E-state index in [1.165, 1.54) is 63.1 Å². The van der Waals surface area contributed by atoms with E-state index in [0.29, 0.717) is 0 Å². The quantitative estimate of drug-likeness (QED) is 0.744. The molecular formula is C18H35Cl2N3OS. The summed E-state index contributed by atoms with van der Waals surface area (Å²) >= 11 is 2.06. The SMILES string of the molecule is Cl.Cl.NC1(C(=O)NCC2(N3CCSCC3)CCCCC2)CCCCC1. The Bertz CT molecular complexity index is 407. The summed E-state index contributed by atoms with van der Waals surface area (Å²) in [5, 5.41) is 3.29. The number of hydrogen-bond acceptors (Lipinski definition) is 4. The first kappa shape index (κ1) is 23.4. The molecule has 3 fully saturated rings. The summed E-state index contributed by atoms with van der Waals surface area (Å²) in [6, 6.07) is 0. The first-order valence-electron chi connectivity index (χ1n) is 9.55. The number of nitrogens with two attached hydrogens (primary N) is 1. The maximum absolute atomic E-state index is 12.7. The zero-order valence-corrected chi connectivity index (χ0v) is 17.7. The molecule has 148 valence electrons. The summed E-state index contributed by atoms with van der Waals surface area (Å²) in [5.41, 5.74) is 6.00.